The zero-order valence-electron chi connectivity index (χ0n) is 13.2. The maximum Gasteiger partial charge on any atom is 0.132 e. The average Bonchev–Trinajstić information content (AvgIpc) is 2.76. The van der Waals surface area contributed by atoms with Crippen LogP contribution in [0.15, 0.2) is 30.3 Å². The number of aliphatic hydroxyl groups excluding tert-OH is 1. The molecule has 2 rings (SSSR count). The van der Waals surface area contributed by atoms with Gasteiger partial charge in [-0.1, -0.05) is 48.9 Å². The number of hydrogen-bond donors (Lipinski definition) is 2. The molecule has 5 heteroatoms. The van der Waals surface area contributed by atoms with E-state index in [-0.39, 0.29) is 6.61 Å². The number of hydrogen-bond acceptors (Lipinski definition) is 3. The molecule has 0 aliphatic carbocycles. The van der Waals surface area contributed by atoms with Gasteiger partial charge < -0.3 is 10.4 Å². The fourth-order valence-corrected chi connectivity index (χ4v) is 2.72. The second-order valence-electron chi connectivity index (χ2n) is 5.75. The summed E-state index contributed by atoms with van der Waals surface area (Å²) in [5.74, 6) is 0.448. The molecule has 0 saturated carbocycles. The SMILES string of the molecule is Cc1nn(Cc2ccccc2)c(Cl)c1CNCC(C)CCO. The van der Waals surface area contributed by atoms with Crippen molar-refractivity contribution in [2.45, 2.75) is 33.4 Å². The number of aryl methyl sites for hydroxylation is 1. The number of nitrogens with zero attached hydrogens (tertiary/aromatic N) is 2. The first-order chi connectivity index (χ1) is 10.6. The summed E-state index contributed by atoms with van der Waals surface area (Å²) in [6.07, 6.45) is 0.812. The van der Waals surface area contributed by atoms with Gasteiger partial charge in [0.15, 0.2) is 0 Å². The van der Waals surface area contributed by atoms with Crippen LogP contribution in [0.2, 0.25) is 5.15 Å². The Balaban J connectivity index is 1.98. The predicted octanol–water partition coefficient (Wildman–Crippen LogP) is 3.00. The van der Waals surface area contributed by atoms with Gasteiger partial charge in [0.1, 0.15) is 5.15 Å². The van der Waals surface area contributed by atoms with E-state index in [1.165, 1.54) is 5.56 Å². The summed E-state index contributed by atoms with van der Waals surface area (Å²) < 4.78 is 1.85. The molecule has 0 bridgehead atoms. The van der Waals surface area contributed by atoms with Gasteiger partial charge in [-0.25, -0.2) is 4.68 Å². The van der Waals surface area contributed by atoms with Gasteiger partial charge in [-0.05, 0) is 31.4 Å². The van der Waals surface area contributed by atoms with Crippen LogP contribution < -0.4 is 5.32 Å². The lowest BCUT2D eigenvalue weighted by atomic mass is 10.1. The molecule has 1 atom stereocenters. The van der Waals surface area contributed by atoms with Crippen LogP contribution in [0.1, 0.15) is 30.2 Å². The molecule has 1 aromatic carbocycles. The second-order valence-corrected chi connectivity index (χ2v) is 6.10. The zero-order valence-corrected chi connectivity index (χ0v) is 14.0. The molecule has 2 N–H and O–H groups in total. The van der Waals surface area contributed by atoms with Crippen molar-refractivity contribution in [2.24, 2.45) is 5.92 Å². The van der Waals surface area contributed by atoms with Crippen molar-refractivity contribution in [1.82, 2.24) is 15.1 Å². The fraction of sp³-hybridized carbons (Fsp3) is 0.471. The molecule has 22 heavy (non-hydrogen) atoms. The topological polar surface area (TPSA) is 50.1 Å². The van der Waals surface area contributed by atoms with E-state index in [2.05, 4.69) is 29.5 Å². The average molecular weight is 322 g/mol. The zero-order chi connectivity index (χ0) is 15.9. The van der Waals surface area contributed by atoms with Crippen LogP contribution >= 0.6 is 11.6 Å². The molecular weight excluding hydrogens is 298 g/mol. The summed E-state index contributed by atoms with van der Waals surface area (Å²) in [4.78, 5) is 0. The molecule has 120 valence electrons. The number of halogens is 1. The van der Waals surface area contributed by atoms with Crippen LogP contribution in [-0.4, -0.2) is 28.0 Å². The van der Waals surface area contributed by atoms with Gasteiger partial charge in [-0.2, -0.15) is 5.10 Å². The van der Waals surface area contributed by atoms with Crippen molar-refractivity contribution in [1.29, 1.82) is 0 Å². The molecule has 0 aliphatic heterocycles. The number of aliphatic hydroxyl groups is 1. The van der Waals surface area contributed by atoms with E-state index in [1.807, 2.05) is 29.8 Å². The molecule has 0 saturated heterocycles. The summed E-state index contributed by atoms with van der Waals surface area (Å²) in [6, 6.07) is 10.2. The van der Waals surface area contributed by atoms with Crippen LogP contribution in [0.25, 0.3) is 0 Å². The van der Waals surface area contributed by atoms with E-state index in [9.17, 15) is 0 Å². The third-order valence-electron chi connectivity index (χ3n) is 3.77. The quantitative estimate of drug-likeness (QED) is 0.786. The van der Waals surface area contributed by atoms with E-state index in [0.29, 0.717) is 24.2 Å². The monoisotopic (exact) mass is 321 g/mol. The van der Waals surface area contributed by atoms with Crippen molar-refractivity contribution in [3.63, 3.8) is 0 Å². The van der Waals surface area contributed by atoms with Gasteiger partial charge in [-0.3, -0.25) is 0 Å². The number of benzene rings is 1. The first-order valence-corrected chi connectivity index (χ1v) is 8.07. The minimum absolute atomic E-state index is 0.234. The Morgan fingerprint density at radius 2 is 2.05 bits per heavy atom. The Bertz CT molecular complexity index is 583. The van der Waals surface area contributed by atoms with Gasteiger partial charge in [-0.15, -0.1) is 0 Å². The minimum atomic E-state index is 0.234. The molecule has 0 aliphatic rings. The highest BCUT2D eigenvalue weighted by atomic mass is 35.5. The van der Waals surface area contributed by atoms with Crippen LogP contribution in [0.4, 0.5) is 0 Å². The standard InChI is InChI=1S/C17H24ClN3O/c1-13(8-9-22)10-19-11-16-14(2)20-21(17(16)18)12-15-6-4-3-5-7-15/h3-7,13,19,22H,8-12H2,1-2H3. The Morgan fingerprint density at radius 3 is 2.73 bits per heavy atom. The molecule has 4 nitrogen and oxygen atoms in total. The van der Waals surface area contributed by atoms with Gasteiger partial charge in [0, 0.05) is 18.7 Å². The third kappa shape index (κ3) is 4.57. The molecule has 2 aromatic rings. The second kappa shape index (κ2) is 8.32. The Labute approximate surface area is 137 Å². The van der Waals surface area contributed by atoms with Gasteiger partial charge in [0.05, 0.1) is 12.2 Å². The Hall–Kier alpha value is -1.36. The molecule has 1 heterocycles. The van der Waals surface area contributed by atoms with Crippen molar-refractivity contribution < 1.29 is 5.11 Å². The van der Waals surface area contributed by atoms with Gasteiger partial charge in [0.2, 0.25) is 0 Å². The first kappa shape index (κ1) is 17.0. The molecule has 1 aromatic heterocycles. The fourth-order valence-electron chi connectivity index (χ4n) is 2.42. The molecule has 0 amide bonds. The normalized spacial score (nSPS) is 12.5. The van der Waals surface area contributed by atoms with Crippen LogP contribution in [-0.2, 0) is 13.1 Å². The molecule has 0 spiro atoms. The van der Waals surface area contributed by atoms with E-state index in [1.54, 1.807) is 0 Å². The molecule has 0 fully saturated rings. The van der Waals surface area contributed by atoms with Crippen molar-refractivity contribution in [2.75, 3.05) is 13.2 Å². The molecule has 1 unspecified atom stereocenters. The highest BCUT2D eigenvalue weighted by Gasteiger charge is 2.13. The summed E-state index contributed by atoms with van der Waals surface area (Å²) >= 11 is 6.48. The lowest BCUT2D eigenvalue weighted by molar-refractivity contribution is 0.260. The van der Waals surface area contributed by atoms with Crippen molar-refractivity contribution in [3.8, 4) is 0 Å². The third-order valence-corrected chi connectivity index (χ3v) is 4.20. The maximum atomic E-state index is 8.92. The van der Waals surface area contributed by atoms with Gasteiger partial charge in [0.25, 0.3) is 0 Å². The Kier molecular flexibility index (Phi) is 6.43. The maximum absolute atomic E-state index is 8.92. The van der Waals surface area contributed by atoms with Crippen LogP contribution in [0.5, 0.6) is 0 Å². The highest BCUT2D eigenvalue weighted by molar-refractivity contribution is 6.30. The summed E-state index contributed by atoms with van der Waals surface area (Å²) in [5, 5.41) is 17.6. The number of aromatic nitrogens is 2. The highest BCUT2D eigenvalue weighted by Crippen LogP contribution is 2.20. The van der Waals surface area contributed by atoms with Gasteiger partial charge >= 0.3 is 0 Å². The van der Waals surface area contributed by atoms with Crippen molar-refractivity contribution >= 4 is 11.6 Å². The summed E-state index contributed by atoms with van der Waals surface area (Å²) in [5.41, 5.74) is 3.19. The Morgan fingerprint density at radius 1 is 1.32 bits per heavy atom. The largest absolute Gasteiger partial charge is 0.396 e. The number of nitrogens with one attached hydrogen (secondary N) is 1. The van der Waals surface area contributed by atoms with Crippen LogP contribution in [0.3, 0.4) is 0 Å². The number of rotatable bonds is 8. The predicted molar refractivity (Wildman–Crippen MR) is 90.1 cm³/mol. The van der Waals surface area contributed by atoms with E-state index < -0.39 is 0 Å². The van der Waals surface area contributed by atoms with E-state index >= 15 is 0 Å². The summed E-state index contributed by atoms with van der Waals surface area (Å²) in [6.45, 7) is 6.59. The lowest BCUT2D eigenvalue weighted by Crippen LogP contribution is -2.21. The van der Waals surface area contributed by atoms with E-state index in [0.717, 1.165) is 24.2 Å². The van der Waals surface area contributed by atoms with Crippen molar-refractivity contribution in [3.05, 3.63) is 52.3 Å². The minimum Gasteiger partial charge on any atom is -0.396 e. The summed E-state index contributed by atoms with van der Waals surface area (Å²) in [7, 11) is 0. The van der Waals surface area contributed by atoms with Crippen LogP contribution in [0, 0.1) is 12.8 Å². The first-order valence-electron chi connectivity index (χ1n) is 7.69. The smallest absolute Gasteiger partial charge is 0.132 e. The van der Waals surface area contributed by atoms with E-state index in [4.69, 9.17) is 16.7 Å². The molecular formula is C17H24ClN3O. The lowest BCUT2D eigenvalue weighted by Gasteiger charge is -2.11. The molecule has 0 radical (unpaired) electrons.